The molecule has 3 heteroatoms. The van der Waals surface area contributed by atoms with Crippen molar-refractivity contribution >= 4 is 29.0 Å². The third-order valence-electron chi connectivity index (χ3n) is 3.32. The molecule has 0 aliphatic heterocycles. The molecule has 1 aromatic heterocycles. The molecule has 0 fully saturated rings. The fourth-order valence-electron chi connectivity index (χ4n) is 2.02. The molecule has 1 aromatic carbocycles. The highest BCUT2D eigenvalue weighted by Gasteiger charge is 2.05. The van der Waals surface area contributed by atoms with Crippen LogP contribution in [0.5, 0.6) is 0 Å². The zero-order valence-corrected chi connectivity index (χ0v) is 13.7. The van der Waals surface area contributed by atoms with Crippen LogP contribution in [-0.4, -0.2) is 12.6 Å². The highest BCUT2D eigenvalue weighted by molar-refractivity contribution is 7.16. The van der Waals surface area contributed by atoms with Crippen molar-refractivity contribution in [3.05, 3.63) is 51.9 Å². The Balaban J connectivity index is 2.16. The quantitative estimate of drug-likeness (QED) is 0.772. The summed E-state index contributed by atoms with van der Waals surface area (Å²) in [5.41, 5.74) is 2.58. The first-order chi connectivity index (χ1) is 9.60. The molecular weight excluding hydrogens is 286 g/mol. The largest absolute Gasteiger partial charge is 0.311 e. The van der Waals surface area contributed by atoms with E-state index in [0.717, 1.165) is 11.6 Å². The van der Waals surface area contributed by atoms with Crippen LogP contribution in [0.3, 0.4) is 0 Å². The van der Waals surface area contributed by atoms with E-state index in [9.17, 15) is 0 Å². The standard InChI is InChI=1S/C17H20ClNS/c1-4-19-13(3)12(2)11-16-9-10-17(20-16)14-5-7-15(18)8-6-14/h5-11,13,19H,4H2,1-3H3/b12-11+. The number of likely N-dealkylation sites (N-methyl/N-ethyl adjacent to an activating group) is 1. The van der Waals surface area contributed by atoms with E-state index < -0.39 is 0 Å². The van der Waals surface area contributed by atoms with Crippen LogP contribution in [0.25, 0.3) is 16.5 Å². The predicted octanol–water partition coefficient (Wildman–Crippen LogP) is 5.47. The van der Waals surface area contributed by atoms with Crippen LogP contribution in [-0.2, 0) is 0 Å². The fourth-order valence-corrected chi connectivity index (χ4v) is 3.17. The number of hydrogen-bond donors (Lipinski definition) is 1. The third-order valence-corrected chi connectivity index (χ3v) is 4.65. The molecule has 0 aliphatic carbocycles. The van der Waals surface area contributed by atoms with E-state index in [-0.39, 0.29) is 0 Å². The summed E-state index contributed by atoms with van der Waals surface area (Å²) in [5, 5.41) is 4.21. The lowest BCUT2D eigenvalue weighted by molar-refractivity contribution is 0.636. The van der Waals surface area contributed by atoms with E-state index in [1.54, 1.807) is 0 Å². The zero-order valence-electron chi connectivity index (χ0n) is 12.1. The molecule has 1 N–H and O–H groups in total. The number of hydrogen-bond acceptors (Lipinski definition) is 2. The van der Waals surface area contributed by atoms with Crippen molar-refractivity contribution in [3.63, 3.8) is 0 Å². The maximum Gasteiger partial charge on any atom is 0.0406 e. The Bertz CT molecular complexity index is 583. The molecule has 0 saturated carbocycles. The van der Waals surface area contributed by atoms with Gasteiger partial charge in [0.15, 0.2) is 0 Å². The van der Waals surface area contributed by atoms with Crippen LogP contribution in [0.2, 0.25) is 5.02 Å². The van der Waals surface area contributed by atoms with E-state index in [2.05, 4.69) is 56.4 Å². The molecule has 1 heterocycles. The first-order valence-electron chi connectivity index (χ1n) is 6.87. The van der Waals surface area contributed by atoms with Crippen LogP contribution in [0.1, 0.15) is 25.6 Å². The summed E-state index contributed by atoms with van der Waals surface area (Å²) in [6.07, 6.45) is 2.26. The fraction of sp³-hybridized carbons (Fsp3) is 0.294. The number of benzene rings is 1. The minimum absolute atomic E-state index is 0.418. The Morgan fingerprint density at radius 3 is 2.60 bits per heavy atom. The van der Waals surface area contributed by atoms with Crippen LogP contribution in [0, 0.1) is 0 Å². The lowest BCUT2D eigenvalue weighted by Crippen LogP contribution is -2.26. The molecule has 2 aromatic rings. The Hall–Kier alpha value is -1.09. The molecule has 0 radical (unpaired) electrons. The molecule has 0 amide bonds. The highest BCUT2D eigenvalue weighted by Crippen LogP contribution is 2.30. The second-order valence-corrected chi connectivity index (χ2v) is 6.43. The summed E-state index contributed by atoms with van der Waals surface area (Å²) < 4.78 is 0. The summed E-state index contributed by atoms with van der Waals surface area (Å²) >= 11 is 7.73. The van der Waals surface area contributed by atoms with E-state index in [1.807, 2.05) is 23.5 Å². The molecule has 2 rings (SSSR count). The zero-order chi connectivity index (χ0) is 14.5. The molecule has 0 aliphatic rings. The average Bonchev–Trinajstić information content (AvgIpc) is 2.88. The van der Waals surface area contributed by atoms with Gasteiger partial charge in [-0.1, -0.05) is 36.2 Å². The Morgan fingerprint density at radius 2 is 1.95 bits per heavy atom. The minimum atomic E-state index is 0.418. The molecule has 106 valence electrons. The van der Waals surface area contributed by atoms with Gasteiger partial charge in [-0.25, -0.2) is 0 Å². The maximum absolute atomic E-state index is 5.92. The summed E-state index contributed by atoms with van der Waals surface area (Å²) in [4.78, 5) is 2.56. The van der Waals surface area contributed by atoms with E-state index >= 15 is 0 Å². The first kappa shape index (κ1) is 15.3. The van der Waals surface area contributed by atoms with Crippen molar-refractivity contribution < 1.29 is 0 Å². The van der Waals surface area contributed by atoms with Gasteiger partial charge in [-0.05, 0) is 56.3 Å². The lowest BCUT2D eigenvalue weighted by atomic mass is 10.1. The van der Waals surface area contributed by atoms with Crippen molar-refractivity contribution in [1.82, 2.24) is 5.32 Å². The van der Waals surface area contributed by atoms with Crippen LogP contribution in [0.4, 0.5) is 0 Å². The monoisotopic (exact) mass is 305 g/mol. The van der Waals surface area contributed by atoms with Gasteiger partial charge >= 0.3 is 0 Å². The van der Waals surface area contributed by atoms with Gasteiger partial charge in [0.25, 0.3) is 0 Å². The van der Waals surface area contributed by atoms with Crippen LogP contribution < -0.4 is 5.32 Å². The van der Waals surface area contributed by atoms with Gasteiger partial charge in [0.05, 0.1) is 0 Å². The van der Waals surface area contributed by atoms with Gasteiger partial charge in [-0.2, -0.15) is 0 Å². The molecular formula is C17H20ClNS. The first-order valence-corrected chi connectivity index (χ1v) is 8.07. The molecule has 0 saturated heterocycles. The molecule has 0 spiro atoms. The lowest BCUT2D eigenvalue weighted by Gasteiger charge is -2.12. The molecule has 20 heavy (non-hydrogen) atoms. The molecule has 0 bridgehead atoms. The molecule has 1 nitrogen and oxygen atoms in total. The SMILES string of the molecule is CCNC(C)/C(C)=C/c1ccc(-c2ccc(Cl)cc2)s1. The number of nitrogens with one attached hydrogen (secondary N) is 1. The third kappa shape index (κ3) is 3.95. The van der Waals surface area contributed by atoms with E-state index in [4.69, 9.17) is 11.6 Å². The van der Waals surface area contributed by atoms with Crippen molar-refractivity contribution in [2.45, 2.75) is 26.8 Å². The topological polar surface area (TPSA) is 12.0 Å². The minimum Gasteiger partial charge on any atom is -0.311 e. The highest BCUT2D eigenvalue weighted by atomic mass is 35.5. The van der Waals surface area contributed by atoms with Crippen molar-refractivity contribution in [2.24, 2.45) is 0 Å². The van der Waals surface area contributed by atoms with Crippen molar-refractivity contribution in [2.75, 3.05) is 6.54 Å². The number of thiophene rings is 1. The van der Waals surface area contributed by atoms with Crippen molar-refractivity contribution in [3.8, 4) is 10.4 Å². The number of rotatable bonds is 5. The summed E-state index contributed by atoms with van der Waals surface area (Å²) in [6, 6.07) is 12.8. The normalized spacial score (nSPS) is 13.5. The van der Waals surface area contributed by atoms with Gasteiger partial charge in [-0.15, -0.1) is 11.3 Å². The van der Waals surface area contributed by atoms with Crippen LogP contribution in [0.15, 0.2) is 42.0 Å². The van der Waals surface area contributed by atoms with Gasteiger partial charge in [0, 0.05) is 20.8 Å². The van der Waals surface area contributed by atoms with Gasteiger partial charge < -0.3 is 5.32 Å². The molecule has 1 unspecified atom stereocenters. The van der Waals surface area contributed by atoms with Crippen LogP contribution >= 0.6 is 22.9 Å². The summed E-state index contributed by atoms with van der Waals surface area (Å²) in [7, 11) is 0. The molecule has 1 atom stereocenters. The second kappa shape index (κ2) is 7.07. The summed E-state index contributed by atoms with van der Waals surface area (Å²) in [6.45, 7) is 7.50. The van der Waals surface area contributed by atoms with E-state index in [0.29, 0.717) is 6.04 Å². The Morgan fingerprint density at radius 1 is 1.25 bits per heavy atom. The Labute approximate surface area is 130 Å². The number of halogens is 1. The maximum atomic E-state index is 5.92. The summed E-state index contributed by atoms with van der Waals surface area (Å²) in [5.74, 6) is 0. The van der Waals surface area contributed by atoms with Gasteiger partial charge in [-0.3, -0.25) is 0 Å². The average molecular weight is 306 g/mol. The van der Waals surface area contributed by atoms with Gasteiger partial charge in [0.2, 0.25) is 0 Å². The van der Waals surface area contributed by atoms with Crippen molar-refractivity contribution in [1.29, 1.82) is 0 Å². The smallest absolute Gasteiger partial charge is 0.0406 e. The van der Waals surface area contributed by atoms with Gasteiger partial charge in [0.1, 0.15) is 0 Å². The predicted molar refractivity (Wildman–Crippen MR) is 91.6 cm³/mol. The Kier molecular flexibility index (Phi) is 5.41. The second-order valence-electron chi connectivity index (χ2n) is 4.88. The van der Waals surface area contributed by atoms with E-state index in [1.165, 1.54) is 20.9 Å².